The van der Waals surface area contributed by atoms with Crippen molar-refractivity contribution < 1.29 is 14.3 Å². The molecule has 0 N–H and O–H groups in total. The van der Waals surface area contributed by atoms with Crippen molar-refractivity contribution in [2.45, 2.75) is 5.16 Å². The van der Waals surface area contributed by atoms with Crippen LogP contribution in [0.1, 0.15) is 10.4 Å². The lowest BCUT2D eigenvalue weighted by Crippen LogP contribution is -2.05. The molecule has 0 amide bonds. The number of ketones is 1. The Morgan fingerprint density at radius 3 is 2.06 bits per heavy atom. The van der Waals surface area contributed by atoms with E-state index in [0.29, 0.717) is 27.3 Å². The first kappa shape index (κ1) is 21.9. The van der Waals surface area contributed by atoms with Crippen molar-refractivity contribution in [3.8, 4) is 28.6 Å². The van der Waals surface area contributed by atoms with Crippen molar-refractivity contribution in [1.82, 2.24) is 14.8 Å². The van der Waals surface area contributed by atoms with Gasteiger partial charge in [0, 0.05) is 21.8 Å². The number of aromatic nitrogens is 3. The molecule has 0 spiro atoms. The minimum atomic E-state index is -0.00527. The molecule has 0 aliphatic rings. The third kappa shape index (κ3) is 4.79. The van der Waals surface area contributed by atoms with Gasteiger partial charge in [-0.05, 0) is 72.8 Å². The first-order valence-electron chi connectivity index (χ1n) is 9.75. The van der Waals surface area contributed by atoms with E-state index in [1.165, 1.54) is 11.8 Å². The lowest BCUT2D eigenvalue weighted by molar-refractivity contribution is 0.102. The van der Waals surface area contributed by atoms with Crippen LogP contribution in [0.4, 0.5) is 0 Å². The zero-order chi connectivity index (χ0) is 22.5. The number of nitrogens with zero attached hydrogens (tertiary/aromatic N) is 3. The van der Waals surface area contributed by atoms with Gasteiger partial charge in [-0.15, -0.1) is 10.2 Å². The molecule has 0 unspecified atom stereocenters. The largest absolute Gasteiger partial charge is 0.497 e. The smallest absolute Gasteiger partial charge is 0.196 e. The van der Waals surface area contributed by atoms with Crippen molar-refractivity contribution in [3.63, 3.8) is 0 Å². The number of rotatable bonds is 8. The van der Waals surface area contributed by atoms with Gasteiger partial charge in [0.1, 0.15) is 11.5 Å². The molecule has 1 heterocycles. The van der Waals surface area contributed by atoms with Crippen molar-refractivity contribution >= 4 is 29.1 Å². The number of Topliss-reactive ketones (excluding diaryl/α,β-unsaturated/α-hetero) is 1. The fourth-order valence-corrected chi connectivity index (χ4v) is 4.08. The van der Waals surface area contributed by atoms with E-state index >= 15 is 0 Å². The minimum absolute atomic E-state index is 0.00527. The maximum absolute atomic E-state index is 12.7. The number of hydrogen-bond donors (Lipinski definition) is 0. The summed E-state index contributed by atoms with van der Waals surface area (Å²) in [7, 11) is 3.22. The number of benzene rings is 3. The maximum atomic E-state index is 12.7. The highest BCUT2D eigenvalue weighted by Crippen LogP contribution is 2.30. The summed E-state index contributed by atoms with van der Waals surface area (Å²) in [5.74, 6) is 2.34. The number of hydrogen-bond acceptors (Lipinski definition) is 6. The van der Waals surface area contributed by atoms with Crippen LogP contribution in [0.2, 0.25) is 5.02 Å². The standard InChI is InChI=1S/C24H20ClN3O3S/c1-30-20-11-3-16(4-12-20)22(29)15-32-24-27-26-23(17-5-13-21(31-2)14-6-17)28(24)19-9-7-18(25)8-10-19/h3-14H,15H2,1-2H3. The van der Waals surface area contributed by atoms with Crippen LogP contribution < -0.4 is 9.47 Å². The second-order valence-electron chi connectivity index (χ2n) is 6.79. The molecule has 4 aromatic rings. The molecule has 1 aromatic heterocycles. The maximum Gasteiger partial charge on any atom is 0.196 e. The van der Waals surface area contributed by atoms with E-state index in [2.05, 4.69) is 10.2 Å². The van der Waals surface area contributed by atoms with Gasteiger partial charge in [-0.1, -0.05) is 23.4 Å². The third-order valence-corrected chi connectivity index (χ3v) is 5.99. The van der Waals surface area contributed by atoms with Crippen LogP contribution in [0.5, 0.6) is 11.5 Å². The van der Waals surface area contributed by atoms with Gasteiger partial charge in [0.25, 0.3) is 0 Å². The van der Waals surface area contributed by atoms with Crippen LogP contribution in [-0.2, 0) is 0 Å². The Balaban J connectivity index is 1.64. The van der Waals surface area contributed by atoms with E-state index in [1.54, 1.807) is 38.5 Å². The summed E-state index contributed by atoms with van der Waals surface area (Å²) in [5, 5.41) is 10.0. The molecule has 6 nitrogen and oxygen atoms in total. The predicted molar refractivity (Wildman–Crippen MR) is 126 cm³/mol. The summed E-state index contributed by atoms with van der Waals surface area (Å²) in [6.07, 6.45) is 0. The third-order valence-electron chi connectivity index (χ3n) is 4.81. The number of thioether (sulfide) groups is 1. The van der Waals surface area contributed by atoms with E-state index in [9.17, 15) is 4.79 Å². The Morgan fingerprint density at radius 1 is 0.875 bits per heavy atom. The van der Waals surface area contributed by atoms with Crippen molar-refractivity contribution in [2.75, 3.05) is 20.0 Å². The first-order valence-corrected chi connectivity index (χ1v) is 11.1. The zero-order valence-electron chi connectivity index (χ0n) is 17.5. The molecule has 0 atom stereocenters. The predicted octanol–water partition coefficient (Wildman–Crippen LogP) is 5.58. The molecule has 0 aliphatic heterocycles. The molecule has 0 radical (unpaired) electrons. The highest BCUT2D eigenvalue weighted by atomic mass is 35.5. The van der Waals surface area contributed by atoms with Gasteiger partial charge in [-0.25, -0.2) is 0 Å². The summed E-state index contributed by atoms with van der Waals surface area (Å²) in [6.45, 7) is 0. The van der Waals surface area contributed by atoms with Gasteiger partial charge in [0.2, 0.25) is 0 Å². The molecule has 0 saturated heterocycles. The Hall–Kier alpha value is -3.29. The molecule has 8 heteroatoms. The van der Waals surface area contributed by atoms with E-state index < -0.39 is 0 Å². The van der Waals surface area contributed by atoms with Crippen LogP contribution in [0, 0.1) is 0 Å². The fraction of sp³-hybridized carbons (Fsp3) is 0.125. The average molecular weight is 466 g/mol. The second kappa shape index (κ2) is 9.89. The summed E-state index contributed by atoms with van der Waals surface area (Å²) < 4.78 is 12.3. The minimum Gasteiger partial charge on any atom is -0.497 e. The molecular formula is C24H20ClN3O3S. The van der Waals surface area contributed by atoms with Gasteiger partial charge in [-0.3, -0.25) is 9.36 Å². The van der Waals surface area contributed by atoms with Crippen LogP contribution in [0.15, 0.2) is 78.0 Å². The lowest BCUT2D eigenvalue weighted by atomic mass is 10.1. The molecule has 0 bridgehead atoms. The molecule has 32 heavy (non-hydrogen) atoms. The Kier molecular flexibility index (Phi) is 6.78. The van der Waals surface area contributed by atoms with Crippen molar-refractivity contribution in [1.29, 1.82) is 0 Å². The Bertz CT molecular complexity index is 1210. The van der Waals surface area contributed by atoms with Gasteiger partial charge in [0.15, 0.2) is 16.8 Å². The number of carbonyl (C=O) groups excluding carboxylic acids is 1. The summed E-state index contributed by atoms with van der Waals surface area (Å²) in [4.78, 5) is 12.7. The summed E-state index contributed by atoms with van der Waals surface area (Å²) >= 11 is 7.41. The number of halogens is 1. The molecule has 162 valence electrons. The van der Waals surface area contributed by atoms with Crippen LogP contribution in [-0.4, -0.2) is 40.5 Å². The van der Waals surface area contributed by atoms with E-state index in [0.717, 1.165) is 17.0 Å². The van der Waals surface area contributed by atoms with Gasteiger partial charge in [0.05, 0.1) is 20.0 Å². The normalized spacial score (nSPS) is 10.7. The summed E-state index contributed by atoms with van der Waals surface area (Å²) in [5.41, 5.74) is 2.34. The topological polar surface area (TPSA) is 66.2 Å². The number of ether oxygens (including phenoxy) is 2. The van der Waals surface area contributed by atoms with Gasteiger partial charge < -0.3 is 9.47 Å². The summed E-state index contributed by atoms with van der Waals surface area (Å²) in [6, 6.07) is 22.1. The fourth-order valence-electron chi connectivity index (χ4n) is 3.10. The molecule has 4 rings (SSSR count). The number of carbonyl (C=O) groups is 1. The monoisotopic (exact) mass is 465 g/mol. The van der Waals surface area contributed by atoms with E-state index in [-0.39, 0.29) is 11.5 Å². The lowest BCUT2D eigenvalue weighted by Gasteiger charge is -2.11. The van der Waals surface area contributed by atoms with Gasteiger partial charge in [-0.2, -0.15) is 0 Å². The molecule has 0 fully saturated rings. The van der Waals surface area contributed by atoms with E-state index in [1.807, 2.05) is 53.1 Å². The SMILES string of the molecule is COc1ccc(C(=O)CSc2nnc(-c3ccc(OC)cc3)n2-c2ccc(Cl)cc2)cc1. The quantitative estimate of drug-likeness (QED) is 0.250. The van der Waals surface area contributed by atoms with Gasteiger partial charge >= 0.3 is 0 Å². The van der Waals surface area contributed by atoms with Crippen LogP contribution in [0.3, 0.4) is 0 Å². The van der Waals surface area contributed by atoms with E-state index in [4.69, 9.17) is 21.1 Å². The second-order valence-corrected chi connectivity index (χ2v) is 8.17. The van der Waals surface area contributed by atoms with Crippen molar-refractivity contribution in [2.24, 2.45) is 0 Å². The average Bonchev–Trinajstić information content (AvgIpc) is 3.27. The molecule has 0 aliphatic carbocycles. The molecule has 3 aromatic carbocycles. The molecule has 0 saturated carbocycles. The highest BCUT2D eigenvalue weighted by Gasteiger charge is 2.18. The molecular weight excluding hydrogens is 446 g/mol. The number of methoxy groups -OCH3 is 2. The Labute approximate surface area is 195 Å². The van der Waals surface area contributed by atoms with Crippen LogP contribution >= 0.6 is 23.4 Å². The first-order chi connectivity index (χ1) is 15.6. The Morgan fingerprint density at radius 2 is 1.47 bits per heavy atom. The van der Waals surface area contributed by atoms with Crippen LogP contribution in [0.25, 0.3) is 17.1 Å². The highest BCUT2D eigenvalue weighted by molar-refractivity contribution is 7.99. The van der Waals surface area contributed by atoms with Crippen molar-refractivity contribution in [3.05, 3.63) is 83.4 Å². The zero-order valence-corrected chi connectivity index (χ0v) is 19.1.